The fourth-order valence-electron chi connectivity index (χ4n) is 2.16. The maximum absolute atomic E-state index is 12.0. The van der Waals surface area contributed by atoms with Gasteiger partial charge < -0.3 is 15.0 Å². The Kier molecular flexibility index (Phi) is 5.99. The average Bonchev–Trinajstić information content (AvgIpc) is 2.34. The number of piperidine rings is 1. The van der Waals surface area contributed by atoms with E-state index >= 15 is 0 Å². The number of nitrogens with zero attached hydrogens (tertiary/aromatic N) is 1. The second kappa shape index (κ2) is 7.07. The predicted octanol–water partition coefficient (Wildman–Crippen LogP) is 1.56. The maximum atomic E-state index is 12.0. The number of amides is 2. The number of ether oxygens (including phenoxy) is 1. The molecule has 2 amide bonds. The number of likely N-dealkylation sites (tertiary alicyclic amines) is 1. The van der Waals surface area contributed by atoms with Gasteiger partial charge in [-0.1, -0.05) is 0 Å². The zero-order chi connectivity index (χ0) is 15.3. The summed E-state index contributed by atoms with van der Waals surface area (Å²) in [5.41, 5.74) is -0.300. The van der Waals surface area contributed by atoms with Crippen molar-refractivity contribution in [3.05, 3.63) is 0 Å². The Labute approximate surface area is 122 Å². The molecule has 0 unspecified atom stereocenters. The van der Waals surface area contributed by atoms with Crippen LogP contribution in [-0.4, -0.2) is 48.1 Å². The van der Waals surface area contributed by atoms with E-state index in [0.717, 1.165) is 12.8 Å². The monoisotopic (exact) mass is 284 g/mol. The van der Waals surface area contributed by atoms with E-state index in [-0.39, 0.29) is 36.0 Å². The van der Waals surface area contributed by atoms with Crippen molar-refractivity contribution in [3.63, 3.8) is 0 Å². The first-order chi connectivity index (χ1) is 9.19. The molecule has 1 aliphatic rings. The Morgan fingerprint density at radius 1 is 1.25 bits per heavy atom. The van der Waals surface area contributed by atoms with Gasteiger partial charge in [-0.25, -0.2) is 0 Å². The fourth-order valence-corrected chi connectivity index (χ4v) is 2.16. The van der Waals surface area contributed by atoms with Crippen molar-refractivity contribution in [1.82, 2.24) is 10.2 Å². The third kappa shape index (κ3) is 5.90. The fraction of sp³-hybridized carbons (Fsp3) is 0.867. The summed E-state index contributed by atoms with van der Waals surface area (Å²) in [6.07, 6.45) is 1.47. The van der Waals surface area contributed by atoms with Gasteiger partial charge in [0.2, 0.25) is 11.8 Å². The summed E-state index contributed by atoms with van der Waals surface area (Å²) >= 11 is 0. The van der Waals surface area contributed by atoms with Crippen molar-refractivity contribution in [1.29, 1.82) is 0 Å². The SMILES string of the molecule is CC(C)NC(=O)C1CCN(C(=O)COC(C)(C)C)CC1. The first kappa shape index (κ1) is 17.0. The minimum absolute atomic E-state index is 0.0163. The molecule has 1 heterocycles. The van der Waals surface area contributed by atoms with Gasteiger partial charge in [-0.3, -0.25) is 9.59 Å². The van der Waals surface area contributed by atoms with Crippen LogP contribution in [0.2, 0.25) is 0 Å². The molecule has 1 fully saturated rings. The van der Waals surface area contributed by atoms with E-state index in [1.165, 1.54) is 0 Å². The van der Waals surface area contributed by atoms with Gasteiger partial charge in [0.15, 0.2) is 0 Å². The number of carbonyl (C=O) groups is 2. The highest BCUT2D eigenvalue weighted by Gasteiger charge is 2.28. The van der Waals surface area contributed by atoms with Crippen LogP contribution in [0.1, 0.15) is 47.5 Å². The highest BCUT2D eigenvalue weighted by Crippen LogP contribution is 2.18. The van der Waals surface area contributed by atoms with Crippen LogP contribution in [0, 0.1) is 5.92 Å². The Morgan fingerprint density at radius 2 is 1.80 bits per heavy atom. The molecule has 0 bridgehead atoms. The maximum Gasteiger partial charge on any atom is 0.248 e. The first-order valence-electron chi connectivity index (χ1n) is 7.41. The topological polar surface area (TPSA) is 58.6 Å². The molecule has 1 aliphatic heterocycles. The van der Waals surface area contributed by atoms with Crippen molar-refractivity contribution >= 4 is 11.8 Å². The number of rotatable bonds is 4. The second-order valence-electron chi connectivity index (χ2n) is 6.72. The summed E-state index contributed by atoms with van der Waals surface area (Å²) in [5.74, 6) is 0.158. The van der Waals surface area contributed by atoms with Gasteiger partial charge >= 0.3 is 0 Å². The standard InChI is InChI=1S/C15H28N2O3/c1-11(2)16-14(19)12-6-8-17(9-7-12)13(18)10-20-15(3,4)5/h11-12H,6-10H2,1-5H3,(H,16,19). The van der Waals surface area contributed by atoms with Crippen molar-refractivity contribution in [2.75, 3.05) is 19.7 Å². The minimum atomic E-state index is -0.300. The van der Waals surface area contributed by atoms with Gasteiger partial charge in [0, 0.05) is 25.0 Å². The molecular formula is C15H28N2O3. The normalized spacial score (nSPS) is 17.4. The van der Waals surface area contributed by atoms with Crippen LogP contribution in [0.5, 0.6) is 0 Å². The van der Waals surface area contributed by atoms with Crippen LogP contribution in [0.3, 0.4) is 0 Å². The summed E-state index contributed by atoms with van der Waals surface area (Å²) in [7, 11) is 0. The van der Waals surface area contributed by atoms with E-state index in [2.05, 4.69) is 5.32 Å². The quantitative estimate of drug-likeness (QED) is 0.852. The molecule has 5 heteroatoms. The van der Waals surface area contributed by atoms with Crippen molar-refractivity contribution in [2.24, 2.45) is 5.92 Å². The molecule has 5 nitrogen and oxygen atoms in total. The van der Waals surface area contributed by atoms with Crippen molar-refractivity contribution in [3.8, 4) is 0 Å². The van der Waals surface area contributed by atoms with Crippen LogP contribution >= 0.6 is 0 Å². The second-order valence-corrected chi connectivity index (χ2v) is 6.72. The lowest BCUT2D eigenvalue weighted by Gasteiger charge is -2.32. The van der Waals surface area contributed by atoms with Crippen LogP contribution < -0.4 is 5.32 Å². The Hall–Kier alpha value is -1.10. The highest BCUT2D eigenvalue weighted by molar-refractivity contribution is 5.80. The molecule has 0 spiro atoms. The average molecular weight is 284 g/mol. The molecule has 1 N–H and O–H groups in total. The minimum Gasteiger partial charge on any atom is -0.366 e. The van der Waals surface area contributed by atoms with E-state index in [4.69, 9.17) is 4.74 Å². The van der Waals surface area contributed by atoms with Gasteiger partial charge in [-0.05, 0) is 47.5 Å². The molecule has 0 aromatic carbocycles. The molecule has 20 heavy (non-hydrogen) atoms. The smallest absolute Gasteiger partial charge is 0.248 e. The summed E-state index contributed by atoms with van der Waals surface area (Å²) < 4.78 is 5.50. The largest absolute Gasteiger partial charge is 0.366 e. The van der Waals surface area contributed by atoms with E-state index in [1.54, 1.807) is 4.90 Å². The van der Waals surface area contributed by atoms with Gasteiger partial charge in [0.25, 0.3) is 0 Å². The first-order valence-corrected chi connectivity index (χ1v) is 7.41. The van der Waals surface area contributed by atoms with E-state index in [0.29, 0.717) is 13.1 Å². The number of hydrogen-bond donors (Lipinski definition) is 1. The molecule has 116 valence electrons. The van der Waals surface area contributed by atoms with Gasteiger partial charge in [0.1, 0.15) is 6.61 Å². The van der Waals surface area contributed by atoms with Crippen LogP contribution in [0.25, 0.3) is 0 Å². The lowest BCUT2D eigenvalue weighted by Crippen LogP contribution is -2.45. The van der Waals surface area contributed by atoms with Crippen LogP contribution in [0.4, 0.5) is 0 Å². The van der Waals surface area contributed by atoms with Gasteiger partial charge in [0.05, 0.1) is 5.60 Å². The number of carbonyl (C=O) groups excluding carboxylic acids is 2. The summed E-state index contributed by atoms with van der Waals surface area (Å²) in [6, 6.07) is 0.169. The third-order valence-electron chi connectivity index (χ3n) is 3.28. The van der Waals surface area contributed by atoms with Gasteiger partial charge in [-0.2, -0.15) is 0 Å². The van der Waals surface area contributed by atoms with Crippen molar-refractivity contribution < 1.29 is 14.3 Å². The van der Waals surface area contributed by atoms with Crippen LogP contribution in [0.15, 0.2) is 0 Å². The van der Waals surface area contributed by atoms with Crippen molar-refractivity contribution in [2.45, 2.75) is 59.1 Å². The summed E-state index contributed by atoms with van der Waals surface area (Å²) in [6.45, 7) is 11.1. The summed E-state index contributed by atoms with van der Waals surface area (Å²) in [5, 5.41) is 2.93. The highest BCUT2D eigenvalue weighted by atomic mass is 16.5. The molecule has 0 aliphatic carbocycles. The predicted molar refractivity (Wildman–Crippen MR) is 78.3 cm³/mol. The van der Waals surface area contributed by atoms with Gasteiger partial charge in [-0.15, -0.1) is 0 Å². The molecule has 0 atom stereocenters. The Bertz CT molecular complexity index is 340. The molecule has 0 aromatic rings. The van der Waals surface area contributed by atoms with E-state index < -0.39 is 0 Å². The molecule has 1 rings (SSSR count). The zero-order valence-corrected chi connectivity index (χ0v) is 13.4. The lowest BCUT2D eigenvalue weighted by atomic mass is 9.95. The third-order valence-corrected chi connectivity index (χ3v) is 3.28. The molecule has 0 saturated carbocycles. The Balaban J connectivity index is 2.34. The molecule has 0 aromatic heterocycles. The lowest BCUT2D eigenvalue weighted by molar-refractivity contribution is -0.143. The number of nitrogens with one attached hydrogen (secondary N) is 1. The van der Waals surface area contributed by atoms with E-state index in [9.17, 15) is 9.59 Å². The molecule has 0 radical (unpaired) electrons. The Morgan fingerprint density at radius 3 is 2.25 bits per heavy atom. The molecular weight excluding hydrogens is 256 g/mol. The van der Waals surface area contributed by atoms with Crippen LogP contribution in [-0.2, 0) is 14.3 Å². The summed E-state index contributed by atoms with van der Waals surface area (Å²) in [4.78, 5) is 25.7. The molecule has 1 saturated heterocycles. The number of hydrogen-bond acceptors (Lipinski definition) is 3. The zero-order valence-electron chi connectivity index (χ0n) is 13.4. The van der Waals surface area contributed by atoms with E-state index in [1.807, 2.05) is 34.6 Å².